The second-order valence-corrected chi connectivity index (χ2v) is 10.8. The van der Waals surface area contributed by atoms with Gasteiger partial charge in [-0.15, -0.1) is 10.2 Å². The maximum absolute atomic E-state index is 14.2. The van der Waals surface area contributed by atoms with Gasteiger partial charge in [0.1, 0.15) is 12.2 Å². The Balaban J connectivity index is 1.34. The van der Waals surface area contributed by atoms with Crippen LogP contribution in [0.3, 0.4) is 0 Å². The summed E-state index contributed by atoms with van der Waals surface area (Å²) >= 11 is 0. The van der Waals surface area contributed by atoms with Crippen LogP contribution in [0.2, 0.25) is 0 Å². The Bertz CT molecular complexity index is 1380. The first-order chi connectivity index (χ1) is 18.2. The molecule has 7 nitrogen and oxygen atoms in total. The smallest absolute Gasteiger partial charge is 0.379 e. The van der Waals surface area contributed by atoms with Crippen LogP contribution in [0.25, 0.3) is 0 Å². The summed E-state index contributed by atoms with van der Waals surface area (Å²) in [5.41, 5.74) is 1.23. The Labute approximate surface area is 219 Å². The fourth-order valence-electron chi connectivity index (χ4n) is 5.97. The minimum absolute atomic E-state index is 0.0473. The highest BCUT2D eigenvalue weighted by Gasteiger charge is 2.44. The van der Waals surface area contributed by atoms with Crippen LogP contribution in [-0.2, 0) is 36.3 Å². The number of hydrogen-bond donors (Lipinski definition) is 0. The molecule has 2 saturated heterocycles. The molecule has 0 aliphatic carbocycles. The molecule has 1 amide bonds. The van der Waals surface area contributed by atoms with Crippen LogP contribution in [0.5, 0.6) is 0 Å². The number of carbonyl (C=O) groups excluding carboxylic acids is 1. The van der Waals surface area contributed by atoms with Gasteiger partial charge in [0.05, 0.1) is 25.3 Å². The monoisotopic (exact) mass is 525 g/mol. The quantitative estimate of drug-likeness (QED) is 0.469. The fourth-order valence-corrected chi connectivity index (χ4v) is 5.97. The highest BCUT2D eigenvalue weighted by molar-refractivity contribution is 6.10. The number of rotatable bonds is 6. The van der Waals surface area contributed by atoms with Gasteiger partial charge >= 0.3 is 6.18 Å². The third kappa shape index (κ3) is 4.19. The van der Waals surface area contributed by atoms with Crippen LogP contribution in [0, 0.1) is 0 Å². The molecule has 3 aromatic rings. The van der Waals surface area contributed by atoms with Crippen molar-refractivity contribution in [3.05, 3.63) is 76.4 Å². The van der Waals surface area contributed by atoms with Crippen molar-refractivity contribution >= 4 is 11.6 Å². The summed E-state index contributed by atoms with van der Waals surface area (Å²) in [7, 11) is 1.89. The Hall–Kier alpha value is -3.24. The number of aromatic nitrogens is 3. The molecule has 200 valence electrons. The van der Waals surface area contributed by atoms with E-state index in [4.69, 9.17) is 4.74 Å². The van der Waals surface area contributed by atoms with Crippen LogP contribution < -0.4 is 4.90 Å². The molecule has 0 bridgehead atoms. The zero-order valence-electron chi connectivity index (χ0n) is 21.5. The van der Waals surface area contributed by atoms with Gasteiger partial charge in [-0.3, -0.25) is 9.69 Å². The van der Waals surface area contributed by atoms with Crippen LogP contribution >= 0.6 is 0 Å². The lowest BCUT2D eigenvalue weighted by Gasteiger charge is -2.42. The van der Waals surface area contributed by atoms with Gasteiger partial charge in [-0.1, -0.05) is 12.1 Å². The van der Waals surface area contributed by atoms with E-state index >= 15 is 0 Å². The molecular weight excluding hydrogens is 495 g/mol. The van der Waals surface area contributed by atoms with Crippen molar-refractivity contribution in [2.45, 2.75) is 50.4 Å². The van der Waals surface area contributed by atoms with E-state index in [1.165, 1.54) is 11.0 Å². The summed E-state index contributed by atoms with van der Waals surface area (Å²) in [4.78, 5) is 17.3. The van der Waals surface area contributed by atoms with Crippen molar-refractivity contribution in [1.82, 2.24) is 19.7 Å². The van der Waals surface area contributed by atoms with Crippen LogP contribution in [0.4, 0.5) is 18.9 Å². The first-order valence-electron chi connectivity index (χ1n) is 13.0. The second kappa shape index (κ2) is 9.20. The summed E-state index contributed by atoms with van der Waals surface area (Å²) in [5.74, 6) is 0.420. The molecule has 0 radical (unpaired) electrons. The second-order valence-electron chi connectivity index (χ2n) is 10.8. The Morgan fingerprint density at radius 3 is 2.53 bits per heavy atom. The van der Waals surface area contributed by atoms with Crippen molar-refractivity contribution in [3.8, 4) is 0 Å². The van der Waals surface area contributed by atoms with Gasteiger partial charge in [0.2, 0.25) is 0 Å². The standard InChI is InChI=1S/C28H30F3N5O2/c1-18(35-8-3-4-9-35)19-10-22-23(24(11-19)28(29,30)31)14-36(26(22)37)21-7-5-6-20(12-21)27(15-38-16-27)13-25-33-32-17-34(25)2/h5-7,10-12,17-18H,3-4,8-9,13-16H2,1-2H3. The number of amides is 1. The third-order valence-electron chi connectivity index (χ3n) is 8.37. The number of likely N-dealkylation sites (tertiary alicyclic amines) is 1. The summed E-state index contributed by atoms with van der Waals surface area (Å²) in [6, 6.07) is 10.3. The summed E-state index contributed by atoms with van der Waals surface area (Å²) in [6.45, 7) is 4.50. The largest absolute Gasteiger partial charge is 0.416 e. The summed E-state index contributed by atoms with van der Waals surface area (Å²) in [5, 5.41) is 8.18. The van der Waals surface area contributed by atoms with Crippen LogP contribution in [0.15, 0.2) is 42.7 Å². The van der Waals surface area contributed by atoms with E-state index in [1.807, 2.05) is 36.7 Å². The van der Waals surface area contributed by atoms with Crippen molar-refractivity contribution < 1.29 is 22.7 Å². The summed E-state index contributed by atoms with van der Waals surface area (Å²) < 4.78 is 50.2. The van der Waals surface area contributed by atoms with Crippen molar-refractivity contribution in [2.75, 3.05) is 31.2 Å². The molecule has 1 aromatic heterocycles. The minimum Gasteiger partial charge on any atom is -0.379 e. The van der Waals surface area contributed by atoms with Gasteiger partial charge in [-0.2, -0.15) is 13.2 Å². The summed E-state index contributed by atoms with van der Waals surface area (Å²) in [6.07, 6.45) is -0.221. The molecule has 2 fully saturated rings. The van der Waals surface area contributed by atoms with E-state index in [0.717, 1.165) is 37.3 Å². The van der Waals surface area contributed by atoms with Crippen LogP contribution in [0.1, 0.15) is 64.2 Å². The molecular formula is C28H30F3N5O2. The number of fused-ring (bicyclic) bond motifs is 1. The molecule has 1 unspecified atom stereocenters. The number of ether oxygens (including phenoxy) is 1. The zero-order valence-corrected chi connectivity index (χ0v) is 21.5. The van der Waals surface area contributed by atoms with Crippen molar-refractivity contribution in [1.29, 1.82) is 0 Å². The van der Waals surface area contributed by atoms with E-state index in [9.17, 15) is 18.0 Å². The third-order valence-corrected chi connectivity index (χ3v) is 8.37. The normalized spacial score (nSPS) is 20.0. The first kappa shape index (κ1) is 25.1. The number of aryl methyl sites for hydroxylation is 1. The van der Waals surface area contributed by atoms with Gasteiger partial charge in [-0.05, 0) is 73.8 Å². The molecule has 1 atom stereocenters. The predicted molar refractivity (Wildman–Crippen MR) is 135 cm³/mol. The molecule has 6 rings (SSSR count). The molecule has 0 N–H and O–H groups in total. The Kier molecular flexibility index (Phi) is 6.07. The molecule has 38 heavy (non-hydrogen) atoms. The maximum Gasteiger partial charge on any atom is 0.416 e. The van der Waals surface area contributed by atoms with Gasteiger partial charge < -0.3 is 14.2 Å². The Morgan fingerprint density at radius 1 is 1.13 bits per heavy atom. The molecule has 2 aromatic carbocycles. The fraction of sp³-hybridized carbons (Fsp3) is 0.464. The van der Waals surface area contributed by atoms with Gasteiger partial charge in [0.25, 0.3) is 5.91 Å². The predicted octanol–water partition coefficient (Wildman–Crippen LogP) is 4.66. The zero-order chi connectivity index (χ0) is 26.7. The van der Waals surface area contributed by atoms with Gasteiger partial charge in [0.15, 0.2) is 0 Å². The average Bonchev–Trinajstić information content (AvgIpc) is 3.61. The molecule has 3 aliphatic rings. The van der Waals surface area contributed by atoms with E-state index < -0.39 is 17.6 Å². The first-order valence-corrected chi connectivity index (χ1v) is 13.0. The number of benzene rings is 2. The number of halogens is 3. The maximum atomic E-state index is 14.2. The lowest BCUT2D eigenvalue weighted by atomic mass is 9.75. The number of alkyl halides is 3. The molecule has 0 saturated carbocycles. The van der Waals surface area contributed by atoms with Gasteiger partial charge in [-0.25, -0.2) is 0 Å². The van der Waals surface area contributed by atoms with Crippen molar-refractivity contribution in [2.24, 2.45) is 7.05 Å². The average molecular weight is 526 g/mol. The molecule has 10 heteroatoms. The number of carbonyl (C=O) groups is 1. The lowest BCUT2D eigenvalue weighted by molar-refractivity contribution is -0.138. The molecule has 3 aliphatic heterocycles. The number of anilines is 1. The van der Waals surface area contributed by atoms with Crippen LogP contribution in [-0.4, -0.2) is 51.9 Å². The minimum atomic E-state index is -4.55. The highest BCUT2D eigenvalue weighted by atomic mass is 19.4. The van der Waals surface area contributed by atoms with Crippen molar-refractivity contribution in [3.63, 3.8) is 0 Å². The molecule has 4 heterocycles. The topological polar surface area (TPSA) is 63.5 Å². The van der Waals surface area contributed by atoms with E-state index in [2.05, 4.69) is 15.1 Å². The number of nitrogens with zero attached hydrogens (tertiary/aromatic N) is 5. The Morgan fingerprint density at radius 2 is 1.89 bits per heavy atom. The SMILES string of the molecule is CC(c1cc2c(c(C(F)(F)F)c1)CN(c1cccc(C3(Cc4nncn4C)COC3)c1)C2=O)N1CCCC1. The van der Waals surface area contributed by atoms with E-state index in [-0.39, 0.29) is 29.1 Å². The highest BCUT2D eigenvalue weighted by Crippen LogP contribution is 2.42. The van der Waals surface area contributed by atoms with E-state index in [0.29, 0.717) is 30.9 Å². The van der Waals surface area contributed by atoms with Gasteiger partial charge in [0, 0.05) is 36.2 Å². The molecule has 0 spiro atoms. The number of hydrogen-bond acceptors (Lipinski definition) is 5. The lowest BCUT2D eigenvalue weighted by Crippen LogP contribution is -2.49. The van der Waals surface area contributed by atoms with E-state index in [1.54, 1.807) is 18.5 Å².